The van der Waals surface area contributed by atoms with E-state index in [1.807, 2.05) is 25.1 Å². The van der Waals surface area contributed by atoms with Gasteiger partial charge in [-0.05, 0) is 25.1 Å². The Morgan fingerprint density at radius 3 is 2.75 bits per heavy atom. The lowest BCUT2D eigenvalue weighted by Gasteiger charge is -2.11. The minimum absolute atomic E-state index is 0.646. The molecule has 1 aromatic carbocycles. The summed E-state index contributed by atoms with van der Waals surface area (Å²) in [5.41, 5.74) is 1.05. The maximum absolute atomic E-state index is 5.33. The summed E-state index contributed by atoms with van der Waals surface area (Å²) in [4.78, 5) is 4.15. The van der Waals surface area contributed by atoms with Gasteiger partial charge in [0.25, 0.3) is 0 Å². The highest BCUT2D eigenvalue weighted by Gasteiger charge is 2.06. The Kier molecular flexibility index (Phi) is 4.95. The van der Waals surface area contributed by atoms with E-state index in [2.05, 4.69) is 15.5 Å². The number of benzene rings is 1. The van der Waals surface area contributed by atoms with Gasteiger partial charge in [-0.25, -0.2) is 0 Å². The van der Waals surface area contributed by atoms with E-state index in [9.17, 15) is 0 Å². The zero-order valence-corrected chi connectivity index (χ0v) is 12.0. The van der Waals surface area contributed by atoms with Gasteiger partial charge in [0.1, 0.15) is 11.5 Å². The maximum atomic E-state index is 5.33. The topological polar surface area (TPSA) is 69.4 Å². The van der Waals surface area contributed by atoms with Crippen LogP contribution in [0.3, 0.4) is 0 Å². The van der Waals surface area contributed by atoms with Crippen molar-refractivity contribution in [2.24, 2.45) is 0 Å². The highest BCUT2D eigenvalue weighted by atomic mass is 16.5. The number of methoxy groups -OCH3 is 2. The summed E-state index contributed by atoms with van der Waals surface area (Å²) < 4.78 is 15.6. The molecule has 0 atom stereocenters. The first-order chi connectivity index (χ1) is 9.72. The van der Waals surface area contributed by atoms with Gasteiger partial charge in [0.15, 0.2) is 5.82 Å². The van der Waals surface area contributed by atoms with Crippen molar-refractivity contribution in [3.8, 4) is 11.5 Å². The smallest absolute Gasteiger partial charge is 0.227 e. The monoisotopic (exact) mass is 277 g/mol. The van der Waals surface area contributed by atoms with Crippen LogP contribution in [-0.4, -0.2) is 30.9 Å². The van der Waals surface area contributed by atoms with Crippen molar-refractivity contribution in [1.29, 1.82) is 0 Å². The summed E-state index contributed by atoms with van der Waals surface area (Å²) in [6.45, 7) is 3.25. The first kappa shape index (κ1) is 14.3. The summed E-state index contributed by atoms with van der Waals surface area (Å²) in [6.07, 6.45) is 0.702. The Labute approximate surface area is 118 Å². The van der Waals surface area contributed by atoms with E-state index >= 15 is 0 Å². The SMILES string of the molecule is COc1ccc(OC)c(CNCCc2nc(C)no2)c1. The third kappa shape index (κ3) is 3.71. The Balaban J connectivity index is 1.86. The zero-order chi connectivity index (χ0) is 14.4. The number of aromatic nitrogens is 2. The lowest BCUT2D eigenvalue weighted by atomic mass is 10.2. The van der Waals surface area contributed by atoms with E-state index in [1.54, 1.807) is 14.2 Å². The second-order valence-electron chi connectivity index (χ2n) is 4.34. The predicted molar refractivity (Wildman–Crippen MR) is 74.0 cm³/mol. The molecule has 0 aliphatic carbocycles. The molecule has 0 saturated carbocycles. The third-order valence-electron chi connectivity index (χ3n) is 2.89. The number of aryl methyl sites for hydroxylation is 1. The molecular formula is C14H19N3O3. The second-order valence-corrected chi connectivity index (χ2v) is 4.34. The van der Waals surface area contributed by atoms with Crippen molar-refractivity contribution in [2.45, 2.75) is 19.9 Å². The number of hydrogen-bond acceptors (Lipinski definition) is 6. The van der Waals surface area contributed by atoms with Gasteiger partial charge in [-0.1, -0.05) is 5.16 Å². The normalized spacial score (nSPS) is 10.6. The van der Waals surface area contributed by atoms with Crippen LogP contribution in [0, 0.1) is 6.92 Å². The fourth-order valence-electron chi connectivity index (χ4n) is 1.88. The highest BCUT2D eigenvalue weighted by molar-refractivity contribution is 5.40. The second kappa shape index (κ2) is 6.91. The van der Waals surface area contributed by atoms with Crippen molar-refractivity contribution in [3.63, 3.8) is 0 Å². The van der Waals surface area contributed by atoms with Crippen molar-refractivity contribution in [1.82, 2.24) is 15.5 Å². The van der Waals surface area contributed by atoms with Gasteiger partial charge in [-0.3, -0.25) is 0 Å². The summed E-state index contributed by atoms with van der Waals surface area (Å²) in [6, 6.07) is 5.74. The standard InChI is InChI=1S/C14H19N3O3/c1-10-16-14(20-17-10)6-7-15-9-11-8-12(18-2)4-5-13(11)19-3/h4-5,8,15H,6-7,9H2,1-3H3. The average molecular weight is 277 g/mol. The van der Waals surface area contributed by atoms with Crippen molar-refractivity contribution >= 4 is 0 Å². The minimum Gasteiger partial charge on any atom is -0.497 e. The number of nitrogens with one attached hydrogen (secondary N) is 1. The molecule has 0 radical (unpaired) electrons. The van der Waals surface area contributed by atoms with Crippen LogP contribution in [0.15, 0.2) is 22.7 Å². The molecule has 2 aromatic rings. The molecule has 1 heterocycles. The fourth-order valence-corrected chi connectivity index (χ4v) is 1.88. The molecule has 0 unspecified atom stereocenters. The van der Waals surface area contributed by atoms with E-state index in [1.165, 1.54) is 0 Å². The van der Waals surface area contributed by atoms with Crippen LogP contribution in [0.2, 0.25) is 0 Å². The van der Waals surface area contributed by atoms with Gasteiger partial charge in [0.05, 0.1) is 14.2 Å². The van der Waals surface area contributed by atoms with Crippen LogP contribution in [0.1, 0.15) is 17.3 Å². The molecule has 2 rings (SSSR count). The quantitative estimate of drug-likeness (QED) is 0.777. The zero-order valence-electron chi connectivity index (χ0n) is 12.0. The molecular weight excluding hydrogens is 258 g/mol. The molecule has 0 fully saturated rings. The average Bonchev–Trinajstić information content (AvgIpc) is 2.89. The van der Waals surface area contributed by atoms with Gasteiger partial charge in [-0.2, -0.15) is 4.98 Å². The van der Waals surface area contributed by atoms with E-state index in [0.29, 0.717) is 24.7 Å². The molecule has 1 N–H and O–H groups in total. The van der Waals surface area contributed by atoms with Gasteiger partial charge in [0.2, 0.25) is 5.89 Å². The molecule has 0 bridgehead atoms. The Bertz CT molecular complexity index is 554. The lowest BCUT2D eigenvalue weighted by Crippen LogP contribution is -2.17. The molecule has 1 aromatic heterocycles. The maximum Gasteiger partial charge on any atom is 0.227 e. The molecule has 0 aliphatic rings. The molecule has 6 nitrogen and oxygen atoms in total. The van der Waals surface area contributed by atoms with E-state index < -0.39 is 0 Å². The van der Waals surface area contributed by atoms with Crippen LogP contribution < -0.4 is 14.8 Å². The number of ether oxygens (including phenoxy) is 2. The first-order valence-corrected chi connectivity index (χ1v) is 6.43. The predicted octanol–water partition coefficient (Wildman–Crippen LogP) is 1.73. The van der Waals surface area contributed by atoms with Crippen LogP contribution >= 0.6 is 0 Å². The summed E-state index contributed by atoms with van der Waals surface area (Å²) in [5.74, 6) is 2.96. The number of hydrogen-bond donors (Lipinski definition) is 1. The fraction of sp³-hybridized carbons (Fsp3) is 0.429. The molecule has 20 heavy (non-hydrogen) atoms. The Morgan fingerprint density at radius 2 is 2.10 bits per heavy atom. The highest BCUT2D eigenvalue weighted by Crippen LogP contribution is 2.23. The van der Waals surface area contributed by atoms with Gasteiger partial charge >= 0.3 is 0 Å². The van der Waals surface area contributed by atoms with Crippen molar-refractivity contribution in [3.05, 3.63) is 35.5 Å². The molecule has 6 heteroatoms. The summed E-state index contributed by atoms with van der Waals surface area (Å²) >= 11 is 0. The molecule has 108 valence electrons. The van der Waals surface area contributed by atoms with Gasteiger partial charge in [-0.15, -0.1) is 0 Å². The Hall–Kier alpha value is -2.08. The first-order valence-electron chi connectivity index (χ1n) is 6.43. The van der Waals surface area contributed by atoms with Gasteiger partial charge < -0.3 is 19.3 Å². The van der Waals surface area contributed by atoms with Gasteiger partial charge in [0, 0.05) is 25.1 Å². The van der Waals surface area contributed by atoms with Crippen LogP contribution in [0.5, 0.6) is 11.5 Å². The van der Waals surface area contributed by atoms with E-state index in [0.717, 1.165) is 23.6 Å². The molecule has 0 amide bonds. The molecule has 0 aliphatic heterocycles. The van der Waals surface area contributed by atoms with Crippen LogP contribution in [-0.2, 0) is 13.0 Å². The molecule has 0 saturated heterocycles. The van der Waals surface area contributed by atoms with Crippen molar-refractivity contribution < 1.29 is 14.0 Å². The third-order valence-corrected chi connectivity index (χ3v) is 2.89. The summed E-state index contributed by atoms with van der Waals surface area (Å²) in [7, 11) is 3.31. The Morgan fingerprint density at radius 1 is 1.25 bits per heavy atom. The summed E-state index contributed by atoms with van der Waals surface area (Å²) in [5, 5.41) is 7.08. The van der Waals surface area contributed by atoms with Crippen molar-refractivity contribution in [2.75, 3.05) is 20.8 Å². The van der Waals surface area contributed by atoms with E-state index in [4.69, 9.17) is 14.0 Å². The van der Waals surface area contributed by atoms with Crippen LogP contribution in [0.25, 0.3) is 0 Å². The largest absolute Gasteiger partial charge is 0.497 e. The van der Waals surface area contributed by atoms with E-state index in [-0.39, 0.29) is 0 Å². The number of rotatable bonds is 7. The number of nitrogens with zero attached hydrogens (tertiary/aromatic N) is 2. The minimum atomic E-state index is 0.646. The molecule has 0 spiro atoms. The van der Waals surface area contributed by atoms with Crippen LogP contribution in [0.4, 0.5) is 0 Å². The lowest BCUT2D eigenvalue weighted by molar-refractivity contribution is 0.371.